The Balaban J connectivity index is 2.36. The van der Waals surface area contributed by atoms with Crippen molar-refractivity contribution in [1.82, 2.24) is 0 Å². The number of nitrogens with two attached hydrogens (primary N) is 1. The lowest BCUT2D eigenvalue weighted by atomic mass is 9.93. The van der Waals surface area contributed by atoms with Gasteiger partial charge in [-0.05, 0) is 44.1 Å². The van der Waals surface area contributed by atoms with E-state index in [1.165, 1.54) is 29.0 Å². The fourth-order valence-electron chi connectivity index (χ4n) is 2.84. The van der Waals surface area contributed by atoms with Gasteiger partial charge in [-0.3, -0.25) is 0 Å². The molecule has 2 unspecified atom stereocenters. The van der Waals surface area contributed by atoms with E-state index in [9.17, 15) is 0 Å². The number of anilines is 1. The SMILES string of the molecule is CSc1cccc(N2CC(C)CCC2C)c1CN. The summed E-state index contributed by atoms with van der Waals surface area (Å²) in [5.41, 5.74) is 8.64. The standard InChI is InChI=1S/C15H24N2S/c1-11-7-8-12(2)17(10-11)14-5-4-6-15(18-3)13(14)9-16/h4-6,11-12H,7-10,16H2,1-3H3. The van der Waals surface area contributed by atoms with Gasteiger partial charge in [-0.1, -0.05) is 13.0 Å². The van der Waals surface area contributed by atoms with Gasteiger partial charge in [0, 0.05) is 35.3 Å². The highest BCUT2D eigenvalue weighted by atomic mass is 32.2. The Morgan fingerprint density at radius 3 is 2.78 bits per heavy atom. The lowest BCUT2D eigenvalue weighted by Gasteiger charge is -2.40. The van der Waals surface area contributed by atoms with Gasteiger partial charge in [-0.2, -0.15) is 0 Å². The number of benzene rings is 1. The van der Waals surface area contributed by atoms with Crippen LogP contribution in [0.25, 0.3) is 0 Å². The van der Waals surface area contributed by atoms with Crippen LogP contribution in [0.15, 0.2) is 23.1 Å². The first-order valence-corrected chi connectivity index (χ1v) is 8.02. The van der Waals surface area contributed by atoms with Crippen LogP contribution in [0.5, 0.6) is 0 Å². The monoisotopic (exact) mass is 264 g/mol. The molecule has 3 heteroatoms. The first-order chi connectivity index (χ1) is 8.67. The maximum Gasteiger partial charge on any atom is 0.0425 e. The Hall–Kier alpha value is -0.670. The molecule has 18 heavy (non-hydrogen) atoms. The van der Waals surface area contributed by atoms with Crippen LogP contribution in [-0.4, -0.2) is 18.8 Å². The molecular weight excluding hydrogens is 240 g/mol. The van der Waals surface area contributed by atoms with Crippen LogP contribution in [0.1, 0.15) is 32.3 Å². The molecule has 1 aromatic carbocycles. The number of hydrogen-bond acceptors (Lipinski definition) is 3. The van der Waals surface area contributed by atoms with Gasteiger partial charge >= 0.3 is 0 Å². The minimum Gasteiger partial charge on any atom is -0.368 e. The Morgan fingerprint density at radius 2 is 2.11 bits per heavy atom. The molecule has 0 aliphatic carbocycles. The van der Waals surface area contributed by atoms with Crippen molar-refractivity contribution in [3.8, 4) is 0 Å². The third-order valence-corrected chi connectivity index (χ3v) is 4.78. The highest BCUT2D eigenvalue weighted by Crippen LogP contribution is 2.34. The average Bonchev–Trinajstić information content (AvgIpc) is 2.40. The summed E-state index contributed by atoms with van der Waals surface area (Å²) in [6, 6.07) is 7.19. The summed E-state index contributed by atoms with van der Waals surface area (Å²) < 4.78 is 0. The summed E-state index contributed by atoms with van der Waals surface area (Å²) in [6.07, 6.45) is 4.76. The minimum absolute atomic E-state index is 0.628. The predicted octanol–water partition coefficient (Wildman–Crippen LogP) is 3.49. The highest BCUT2D eigenvalue weighted by Gasteiger charge is 2.25. The second-order valence-corrected chi connectivity index (χ2v) is 6.19. The van der Waals surface area contributed by atoms with E-state index in [0.29, 0.717) is 12.6 Å². The van der Waals surface area contributed by atoms with Crippen LogP contribution in [-0.2, 0) is 6.54 Å². The molecule has 2 N–H and O–H groups in total. The molecular formula is C15H24N2S. The van der Waals surface area contributed by atoms with Crippen LogP contribution in [0, 0.1) is 5.92 Å². The zero-order valence-corrected chi connectivity index (χ0v) is 12.5. The molecule has 100 valence electrons. The van der Waals surface area contributed by atoms with Crippen molar-refractivity contribution in [3.05, 3.63) is 23.8 Å². The molecule has 1 aliphatic heterocycles. The van der Waals surface area contributed by atoms with Crippen LogP contribution >= 0.6 is 11.8 Å². The van der Waals surface area contributed by atoms with Gasteiger partial charge < -0.3 is 10.6 Å². The summed E-state index contributed by atoms with van der Waals surface area (Å²) in [7, 11) is 0. The molecule has 1 saturated heterocycles. The van der Waals surface area contributed by atoms with Gasteiger partial charge in [0.25, 0.3) is 0 Å². The molecule has 1 aromatic rings. The molecule has 1 heterocycles. The van der Waals surface area contributed by atoms with E-state index in [1.54, 1.807) is 11.8 Å². The average molecular weight is 264 g/mol. The summed E-state index contributed by atoms with van der Waals surface area (Å²) in [6.45, 7) is 6.47. The lowest BCUT2D eigenvalue weighted by Crippen LogP contribution is -2.41. The molecule has 0 radical (unpaired) electrons. The van der Waals surface area contributed by atoms with Crippen molar-refractivity contribution in [2.75, 3.05) is 17.7 Å². The third-order valence-electron chi connectivity index (χ3n) is 3.96. The van der Waals surface area contributed by atoms with Crippen molar-refractivity contribution in [2.45, 2.75) is 44.2 Å². The smallest absolute Gasteiger partial charge is 0.0425 e. The predicted molar refractivity (Wildman–Crippen MR) is 81.3 cm³/mol. The van der Waals surface area contributed by atoms with E-state index < -0.39 is 0 Å². The Labute approximate surface area is 115 Å². The largest absolute Gasteiger partial charge is 0.368 e. The molecule has 0 amide bonds. The van der Waals surface area contributed by atoms with Crippen LogP contribution in [0.3, 0.4) is 0 Å². The number of piperidine rings is 1. The maximum atomic E-state index is 5.97. The number of nitrogens with zero attached hydrogens (tertiary/aromatic N) is 1. The number of hydrogen-bond donors (Lipinski definition) is 1. The molecule has 2 nitrogen and oxygen atoms in total. The molecule has 2 rings (SSSR count). The summed E-state index contributed by atoms with van der Waals surface area (Å²) in [5, 5.41) is 0. The van der Waals surface area contributed by atoms with Gasteiger partial charge in [0.1, 0.15) is 0 Å². The minimum atomic E-state index is 0.628. The molecule has 0 spiro atoms. The summed E-state index contributed by atoms with van der Waals surface area (Å²) in [5.74, 6) is 0.782. The third kappa shape index (κ3) is 2.67. The van der Waals surface area contributed by atoms with Gasteiger partial charge in [0.2, 0.25) is 0 Å². The first-order valence-electron chi connectivity index (χ1n) is 6.80. The molecule has 1 aliphatic rings. The van der Waals surface area contributed by atoms with Crippen molar-refractivity contribution < 1.29 is 0 Å². The van der Waals surface area contributed by atoms with Gasteiger partial charge in [-0.15, -0.1) is 11.8 Å². The molecule has 0 saturated carbocycles. The topological polar surface area (TPSA) is 29.3 Å². The fourth-order valence-corrected chi connectivity index (χ4v) is 3.49. The summed E-state index contributed by atoms with van der Waals surface area (Å²) in [4.78, 5) is 3.87. The van der Waals surface area contributed by atoms with E-state index in [-0.39, 0.29) is 0 Å². The van der Waals surface area contributed by atoms with Crippen LogP contribution in [0.4, 0.5) is 5.69 Å². The normalized spacial score (nSPS) is 24.3. The Morgan fingerprint density at radius 1 is 1.33 bits per heavy atom. The number of thioether (sulfide) groups is 1. The van der Waals surface area contributed by atoms with Gasteiger partial charge in [0.15, 0.2) is 0 Å². The van der Waals surface area contributed by atoms with Gasteiger partial charge in [-0.25, -0.2) is 0 Å². The quantitative estimate of drug-likeness (QED) is 0.847. The lowest BCUT2D eigenvalue weighted by molar-refractivity contribution is 0.389. The number of rotatable bonds is 3. The second kappa shape index (κ2) is 5.98. The van der Waals surface area contributed by atoms with Crippen molar-refractivity contribution >= 4 is 17.4 Å². The molecule has 0 aromatic heterocycles. The zero-order valence-electron chi connectivity index (χ0n) is 11.6. The van der Waals surface area contributed by atoms with Crippen LogP contribution in [0.2, 0.25) is 0 Å². The van der Waals surface area contributed by atoms with E-state index in [0.717, 1.165) is 12.5 Å². The van der Waals surface area contributed by atoms with E-state index in [2.05, 4.69) is 43.2 Å². The molecule has 0 bridgehead atoms. The first kappa shape index (κ1) is 13.8. The second-order valence-electron chi connectivity index (χ2n) is 5.35. The van der Waals surface area contributed by atoms with E-state index in [1.807, 2.05) is 0 Å². The van der Waals surface area contributed by atoms with Crippen LogP contribution < -0.4 is 10.6 Å². The van der Waals surface area contributed by atoms with Crippen molar-refractivity contribution in [3.63, 3.8) is 0 Å². The van der Waals surface area contributed by atoms with Gasteiger partial charge in [0.05, 0.1) is 0 Å². The highest BCUT2D eigenvalue weighted by molar-refractivity contribution is 7.98. The summed E-state index contributed by atoms with van der Waals surface area (Å²) >= 11 is 1.79. The molecule has 2 atom stereocenters. The van der Waals surface area contributed by atoms with E-state index in [4.69, 9.17) is 5.73 Å². The molecule has 1 fully saturated rings. The fraction of sp³-hybridized carbons (Fsp3) is 0.600. The van der Waals surface area contributed by atoms with Crippen molar-refractivity contribution in [1.29, 1.82) is 0 Å². The zero-order chi connectivity index (χ0) is 13.1. The Bertz CT molecular complexity index is 405. The van der Waals surface area contributed by atoms with Crippen molar-refractivity contribution in [2.24, 2.45) is 11.7 Å². The van der Waals surface area contributed by atoms with E-state index >= 15 is 0 Å². The maximum absolute atomic E-state index is 5.97. The Kier molecular flexibility index (Phi) is 4.57.